The second-order valence-electron chi connectivity index (χ2n) is 3.91. The van der Waals surface area contributed by atoms with Gasteiger partial charge in [0.2, 0.25) is 0 Å². The fourth-order valence-electron chi connectivity index (χ4n) is 1.91. The summed E-state index contributed by atoms with van der Waals surface area (Å²) in [5.41, 5.74) is 6.59. The molecule has 0 aliphatic carbocycles. The number of carbonyl (C=O) groups excluding carboxylic acids is 1. The third-order valence-electron chi connectivity index (χ3n) is 2.71. The molecule has 2 aromatic rings. The highest BCUT2D eigenvalue weighted by Gasteiger charge is 2.25. The van der Waals surface area contributed by atoms with E-state index in [0.29, 0.717) is 46.1 Å². The van der Waals surface area contributed by atoms with Crippen LogP contribution in [0.15, 0.2) is 21.1 Å². The largest absolute Gasteiger partial charge is 0.485 e. The molecule has 1 aromatic heterocycles. The van der Waals surface area contributed by atoms with Gasteiger partial charge in [-0.05, 0) is 22.0 Å². The summed E-state index contributed by atoms with van der Waals surface area (Å²) in [5, 5.41) is 3.64. The summed E-state index contributed by atoms with van der Waals surface area (Å²) in [5.74, 6) is 1.60. The van der Waals surface area contributed by atoms with Crippen molar-refractivity contribution < 1.29 is 18.8 Å². The van der Waals surface area contributed by atoms with Gasteiger partial charge in [-0.1, -0.05) is 5.16 Å². The number of aldehydes is 1. The van der Waals surface area contributed by atoms with Crippen LogP contribution in [0.25, 0.3) is 11.3 Å². The van der Waals surface area contributed by atoms with Crippen molar-refractivity contribution in [3.63, 3.8) is 0 Å². The second-order valence-corrected chi connectivity index (χ2v) is 4.76. The Bertz CT molecular complexity index is 653. The predicted molar refractivity (Wildman–Crippen MR) is 70.4 cm³/mol. The molecule has 0 amide bonds. The molecule has 1 aliphatic rings. The van der Waals surface area contributed by atoms with Gasteiger partial charge in [0.25, 0.3) is 0 Å². The first-order valence-electron chi connectivity index (χ1n) is 5.50. The second kappa shape index (κ2) is 4.58. The van der Waals surface area contributed by atoms with E-state index < -0.39 is 0 Å². The summed E-state index contributed by atoms with van der Waals surface area (Å²) in [7, 11) is 0. The fraction of sp³-hybridized carbons (Fsp3) is 0.167. The van der Waals surface area contributed by atoms with E-state index in [2.05, 4.69) is 21.1 Å². The average molecular weight is 325 g/mol. The van der Waals surface area contributed by atoms with Crippen LogP contribution in [0.1, 0.15) is 10.4 Å². The first-order valence-corrected chi connectivity index (χ1v) is 6.30. The van der Waals surface area contributed by atoms with Gasteiger partial charge in [0.05, 0.1) is 11.1 Å². The Morgan fingerprint density at radius 3 is 2.63 bits per heavy atom. The van der Waals surface area contributed by atoms with Crippen LogP contribution in [0, 0.1) is 0 Å². The monoisotopic (exact) mass is 324 g/mol. The van der Waals surface area contributed by atoms with Crippen LogP contribution in [0.3, 0.4) is 0 Å². The first kappa shape index (κ1) is 12.0. The van der Waals surface area contributed by atoms with Crippen molar-refractivity contribution in [2.24, 2.45) is 0 Å². The minimum Gasteiger partial charge on any atom is -0.485 e. The molecule has 0 saturated heterocycles. The highest BCUT2D eigenvalue weighted by Crippen LogP contribution is 2.45. The number of rotatable bonds is 2. The molecule has 0 unspecified atom stereocenters. The van der Waals surface area contributed by atoms with Crippen molar-refractivity contribution in [1.82, 2.24) is 5.16 Å². The molecular weight excluding hydrogens is 316 g/mol. The van der Waals surface area contributed by atoms with Gasteiger partial charge in [0.1, 0.15) is 13.2 Å². The maximum absolute atomic E-state index is 11.1. The summed E-state index contributed by atoms with van der Waals surface area (Å²) in [4.78, 5) is 11.1. The number of fused-ring (bicyclic) bond motifs is 1. The fourth-order valence-corrected chi connectivity index (χ4v) is 2.41. The van der Waals surface area contributed by atoms with E-state index in [1.54, 1.807) is 12.1 Å². The van der Waals surface area contributed by atoms with Crippen LogP contribution in [-0.2, 0) is 0 Å². The molecule has 6 nitrogen and oxygen atoms in total. The smallest absolute Gasteiger partial charge is 0.173 e. The number of hydrogen-bond donors (Lipinski definition) is 1. The maximum atomic E-state index is 11.1. The number of nitrogens with zero attached hydrogens (tertiary/aromatic N) is 1. The molecule has 19 heavy (non-hydrogen) atoms. The van der Waals surface area contributed by atoms with Crippen molar-refractivity contribution in [1.29, 1.82) is 0 Å². The minimum atomic E-state index is 0.274. The highest BCUT2D eigenvalue weighted by atomic mass is 79.9. The number of halogens is 1. The van der Waals surface area contributed by atoms with Gasteiger partial charge in [-0.25, -0.2) is 0 Å². The molecule has 98 valence electrons. The van der Waals surface area contributed by atoms with Gasteiger partial charge >= 0.3 is 0 Å². The van der Waals surface area contributed by atoms with Crippen LogP contribution < -0.4 is 15.2 Å². The number of carbonyl (C=O) groups is 1. The van der Waals surface area contributed by atoms with Crippen molar-refractivity contribution in [2.45, 2.75) is 0 Å². The summed E-state index contributed by atoms with van der Waals surface area (Å²) in [6.07, 6.45) is 0.718. The molecular formula is C12H9BrN2O4. The lowest BCUT2D eigenvalue weighted by molar-refractivity contribution is 0.111. The molecule has 0 radical (unpaired) electrons. The van der Waals surface area contributed by atoms with E-state index in [4.69, 9.17) is 19.7 Å². The van der Waals surface area contributed by atoms with Crippen molar-refractivity contribution in [3.05, 3.63) is 22.2 Å². The van der Waals surface area contributed by atoms with Crippen LogP contribution in [0.5, 0.6) is 11.5 Å². The third-order valence-corrected chi connectivity index (χ3v) is 3.37. The van der Waals surface area contributed by atoms with Crippen molar-refractivity contribution in [2.75, 3.05) is 18.9 Å². The van der Waals surface area contributed by atoms with Crippen LogP contribution in [0.2, 0.25) is 0 Å². The van der Waals surface area contributed by atoms with Crippen molar-refractivity contribution in [3.8, 4) is 22.8 Å². The molecule has 7 heteroatoms. The predicted octanol–water partition coefficient (Wildman–Crippen LogP) is 2.27. The van der Waals surface area contributed by atoms with Crippen LogP contribution in [0.4, 0.5) is 5.82 Å². The lowest BCUT2D eigenvalue weighted by atomic mass is 10.1. The van der Waals surface area contributed by atoms with E-state index in [1.807, 2.05) is 0 Å². The van der Waals surface area contributed by atoms with Gasteiger partial charge in [-0.3, -0.25) is 4.79 Å². The topological polar surface area (TPSA) is 87.6 Å². The van der Waals surface area contributed by atoms with Crippen LogP contribution in [-0.4, -0.2) is 24.7 Å². The van der Waals surface area contributed by atoms with Gasteiger partial charge < -0.3 is 19.7 Å². The molecule has 2 heterocycles. The Morgan fingerprint density at radius 2 is 2.00 bits per heavy atom. The number of anilines is 1. The molecule has 0 bridgehead atoms. The Labute approximate surface area is 116 Å². The van der Waals surface area contributed by atoms with Gasteiger partial charge in [0, 0.05) is 10.5 Å². The third kappa shape index (κ3) is 1.95. The zero-order valence-electron chi connectivity index (χ0n) is 9.68. The lowest BCUT2D eigenvalue weighted by Crippen LogP contribution is -2.17. The molecule has 3 rings (SSSR count). The summed E-state index contributed by atoms with van der Waals surface area (Å²) in [6, 6.07) is 3.30. The van der Waals surface area contributed by atoms with Gasteiger partial charge in [-0.2, -0.15) is 0 Å². The first-order chi connectivity index (χ1) is 9.20. The molecule has 0 fully saturated rings. The summed E-state index contributed by atoms with van der Waals surface area (Å²) >= 11 is 3.33. The number of nitrogens with two attached hydrogens (primary N) is 1. The number of nitrogen functional groups attached to an aromatic ring is 1. The number of hydrogen-bond acceptors (Lipinski definition) is 6. The van der Waals surface area contributed by atoms with Gasteiger partial charge in [0.15, 0.2) is 29.4 Å². The summed E-state index contributed by atoms with van der Waals surface area (Å²) < 4.78 is 16.8. The normalized spacial score (nSPS) is 13.3. The molecule has 1 aromatic carbocycles. The van der Waals surface area contributed by atoms with E-state index in [9.17, 15) is 4.79 Å². The number of benzene rings is 1. The average Bonchev–Trinajstić information content (AvgIpc) is 2.84. The standard InChI is InChI=1S/C12H9BrN2O4/c13-8-3-6(9-4-10(14)15-19-9)11-12(7(8)5-16)18-2-1-17-11/h3-5H,1-2H2,(H2,14,15). The van der Waals surface area contributed by atoms with Crippen molar-refractivity contribution >= 4 is 28.0 Å². The number of ether oxygens (including phenoxy) is 2. The number of aromatic nitrogens is 1. The highest BCUT2D eigenvalue weighted by molar-refractivity contribution is 9.10. The van der Waals surface area contributed by atoms with E-state index in [1.165, 1.54) is 0 Å². The minimum absolute atomic E-state index is 0.274. The zero-order chi connectivity index (χ0) is 13.4. The molecule has 0 spiro atoms. The summed E-state index contributed by atoms with van der Waals surface area (Å²) in [6.45, 7) is 0.797. The molecule has 0 saturated carbocycles. The molecule has 0 atom stereocenters. The molecule has 1 aliphatic heterocycles. The Balaban J connectivity index is 2.25. The molecule has 2 N–H and O–H groups in total. The van der Waals surface area contributed by atoms with E-state index >= 15 is 0 Å². The van der Waals surface area contributed by atoms with Crippen LogP contribution >= 0.6 is 15.9 Å². The van der Waals surface area contributed by atoms with E-state index in [-0.39, 0.29) is 5.82 Å². The van der Waals surface area contributed by atoms with Gasteiger partial charge in [-0.15, -0.1) is 0 Å². The SMILES string of the molecule is Nc1cc(-c2cc(Br)c(C=O)c3c2OCCO3)on1. The van der Waals surface area contributed by atoms with E-state index in [0.717, 1.165) is 6.29 Å². The Morgan fingerprint density at radius 1 is 1.26 bits per heavy atom. The Kier molecular flexibility index (Phi) is 2.90. The maximum Gasteiger partial charge on any atom is 0.173 e. The quantitative estimate of drug-likeness (QED) is 0.852. The zero-order valence-corrected chi connectivity index (χ0v) is 11.3. The Hall–Kier alpha value is -2.02. The lowest BCUT2D eigenvalue weighted by Gasteiger charge is -2.22.